The molecule has 88 valence electrons. The van der Waals surface area contributed by atoms with E-state index in [1.807, 2.05) is 0 Å². The number of sulfonamides is 1. The molecule has 4 nitrogen and oxygen atoms in total. The Bertz CT molecular complexity index is 311. The van der Waals surface area contributed by atoms with Crippen molar-refractivity contribution in [3.05, 3.63) is 0 Å². The van der Waals surface area contributed by atoms with Crippen LogP contribution in [-0.4, -0.2) is 33.3 Å². The highest BCUT2D eigenvalue weighted by Gasteiger charge is 2.33. The minimum atomic E-state index is -3.04. The summed E-state index contributed by atoms with van der Waals surface area (Å²) in [5.74, 6) is 1.50. The third-order valence-electron chi connectivity index (χ3n) is 3.22. The van der Waals surface area contributed by atoms with Crippen molar-refractivity contribution in [2.24, 2.45) is 11.8 Å². The van der Waals surface area contributed by atoms with E-state index < -0.39 is 10.0 Å². The van der Waals surface area contributed by atoms with Crippen molar-refractivity contribution in [2.45, 2.75) is 32.2 Å². The zero-order chi connectivity index (χ0) is 10.9. The Morgan fingerprint density at radius 3 is 2.53 bits per heavy atom. The maximum absolute atomic E-state index is 11.5. The van der Waals surface area contributed by atoms with Gasteiger partial charge in [0.2, 0.25) is 10.0 Å². The fourth-order valence-corrected chi connectivity index (χ4v) is 2.67. The molecule has 2 fully saturated rings. The Balaban J connectivity index is 1.59. The monoisotopic (exact) mass is 232 g/mol. The first kappa shape index (κ1) is 11.4. The summed E-state index contributed by atoms with van der Waals surface area (Å²) in [5, 5.41) is 3.21. The molecule has 0 bridgehead atoms. The second-order valence-electron chi connectivity index (χ2n) is 4.87. The lowest BCUT2D eigenvalue weighted by molar-refractivity contribution is 0.570. The van der Waals surface area contributed by atoms with Gasteiger partial charge in [0.1, 0.15) is 0 Å². The van der Waals surface area contributed by atoms with Crippen LogP contribution in [-0.2, 0) is 10.0 Å². The minimum absolute atomic E-state index is 0.213. The molecule has 0 amide bonds. The van der Waals surface area contributed by atoms with Gasteiger partial charge in [-0.05, 0) is 31.1 Å². The fraction of sp³-hybridized carbons (Fsp3) is 1.00. The van der Waals surface area contributed by atoms with Gasteiger partial charge in [-0.2, -0.15) is 0 Å². The highest BCUT2D eigenvalue weighted by Crippen LogP contribution is 2.36. The van der Waals surface area contributed by atoms with Gasteiger partial charge in [0.25, 0.3) is 0 Å². The molecule has 2 atom stereocenters. The summed E-state index contributed by atoms with van der Waals surface area (Å²) in [6.45, 7) is 3.38. The second kappa shape index (κ2) is 4.39. The minimum Gasteiger partial charge on any atom is -0.313 e. The van der Waals surface area contributed by atoms with Crippen LogP contribution < -0.4 is 10.0 Å². The quantitative estimate of drug-likeness (QED) is 0.664. The van der Waals surface area contributed by atoms with Crippen molar-refractivity contribution in [2.75, 3.05) is 18.8 Å². The highest BCUT2D eigenvalue weighted by atomic mass is 32.2. The molecule has 0 spiro atoms. The molecule has 0 heterocycles. The van der Waals surface area contributed by atoms with E-state index in [1.54, 1.807) is 0 Å². The number of nitrogens with one attached hydrogen (secondary N) is 2. The average molecular weight is 232 g/mol. The molecule has 2 rings (SSSR count). The van der Waals surface area contributed by atoms with E-state index >= 15 is 0 Å². The van der Waals surface area contributed by atoms with Crippen LogP contribution >= 0.6 is 0 Å². The molecule has 0 saturated heterocycles. The Kier molecular flexibility index (Phi) is 3.33. The lowest BCUT2D eigenvalue weighted by atomic mass is 10.3. The molecule has 2 N–H and O–H groups in total. The number of hydrogen-bond acceptors (Lipinski definition) is 3. The summed E-state index contributed by atoms with van der Waals surface area (Å²) in [5.41, 5.74) is 0. The van der Waals surface area contributed by atoms with E-state index in [0.717, 1.165) is 0 Å². The van der Waals surface area contributed by atoms with E-state index in [1.165, 1.54) is 19.3 Å². The smallest absolute Gasteiger partial charge is 0.212 e. The van der Waals surface area contributed by atoms with E-state index in [2.05, 4.69) is 17.0 Å². The molecule has 0 radical (unpaired) electrons. The van der Waals surface area contributed by atoms with Gasteiger partial charge in [0.05, 0.1) is 5.75 Å². The fourth-order valence-electron chi connectivity index (χ4n) is 1.67. The van der Waals surface area contributed by atoms with E-state index in [4.69, 9.17) is 0 Å². The zero-order valence-corrected chi connectivity index (χ0v) is 10.0. The lowest BCUT2D eigenvalue weighted by Crippen LogP contribution is -2.33. The highest BCUT2D eigenvalue weighted by molar-refractivity contribution is 7.89. The van der Waals surface area contributed by atoms with Crippen LogP contribution in [0.4, 0.5) is 0 Å². The Morgan fingerprint density at radius 1 is 1.33 bits per heavy atom. The second-order valence-corrected chi connectivity index (χ2v) is 6.80. The first-order valence-electron chi connectivity index (χ1n) is 5.77. The maximum atomic E-state index is 11.5. The molecule has 2 saturated carbocycles. The van der Waals surface area contributed by atoms with Gasteiger partial charge in [-0.3, -0.25) is 0 Å². The van der Waals surface area contributed by atoms with E-state index in [-0.39, 0.29) is 5.75 Å². The van der Waals surface area contributed by atoms with Crippen LogP contribution in [0, 0.1) is 11.8 Å². The molecule has 2 aliphatic rings. The Hall–Kier alpha value is -0.130. The molecular weight excluding hydrogens is 212 g/mol. The summed E-state index contributed by atoms with van der Waals surface area (Å²) in [7, 11) is -3.04. The first-order valence-corrected chi connectivity index (χ1v) is 7.43. The molecule has 0 aromatic heterocycles. The normalized spacial score (nSPS) is 30.5. The van der Waals surface area contributed by atoms with Crippen molar-refractivity contribution < 1.29 is 8.42 Å². The molecule has 0 aromatic rings. The van der Waals surface area contributed by atoms with Crippen LogP contribution in [0.2, 0.25) is 0 Å². The van der Waals surface area contributed by atoms with Crippen molar-refractivity contribution >= 4 is 10.0 Å². The van der Waals surface area contributed by atoms with Gasteiger partial charge in [-0.1, -0.05) is 6.92 Å². The average Bonchev–Trinajstić information content (AvgIpc) is 3.01. The largest absolute Gasteiger partial charge is 0.313 e. The van der Waals surface area contributed by atoms with Gasteiger partial charge in [0, 0.05) is 19.1 Å². The molecular formula is C10H20N2O2S. The maximum Gasteiger partial charge on any atom is 0.212 e. The SMILES string of the molecule is CC1CC1CNS(=O)(=O)CCNC1CC1. The van der Waals surface area contributed by atoms with Crippen LogP contribution in [0.1, 0.15) is 26.2 Å². The molecule has 2 aliphatic carbocycles. The first-order chi connectivity index (χ1) is 7.07. The van der Waals surface area contributed by atoms with Gasteiger partial charge < -0.3 is 5.32 Å². The van der Waals surface area contributed by atoms with Crippen LogP contribution in [0.5, 0.6) is 0 Å². The third kappa shape index (κ3) is 4.09. The predicted octanol–water partition coefficient (Wildman–Crippen LogP) is 0.314. The van der Waals surface area contributed by atoms with E-state index in [9.17, 15) is 8.42 Å². The van der Waals surface area contributed by atoms with E-state index in [0.29, 0.717) is 31.0 Å². The van der Waals surface area contributed by atoms with Crippen molar-refractivity contribution in [3.63, 3.8) is 0 Å². The summed E-state index contributed by atoms with van der Waals surface area (Å²) in [6.07, 6.45) is 3.57. The summed E-state index contributed by atoms with van der Waals surface area (Å²) in [6, 6.07) is 0.587. The van der Waals surface area contributed by atoms with Crippen molar-refractivity contribution in [1.29, 1.82) is 0 Å². The summed E-state index contributed by atoms with van der Waals surface area (Å²) in [4.78, 5) is 0. The van der Waals surface area contributed by atoms with Gasteiger partial charge in [-0.15, -0.1) is 0 Å². The molecule has 0 aliphatic heterocycles. The molecule has 15 heavy (non-hydrogen) atoms. The third-order valence-corrected chi connectivity index (χ3v) is 4.57. The summed E-state index contributed by atoms with van der Waals surface area (Å²) >= 11 is 0. The molecule has 0 aromatic carbocycles. The van der Waals surface area contributed by atoms with Crippen molar-refractivity contribution in [1.82, 2.24) is 10.0 Å². The topological polar surface area (TPSA) is 58.2 Å². The number of rotatable bonds is 7. The lowest BCUT2D eigenvalue weighted by Gasteiger charge is -2.06. The van der Waals surface area contributed by atoms with Gasteiger partial charge in [0.15, 0.2) is 0 Å². The van der Waals surface area contributed by atoms with Crippen LogP contribution in [0.3, 0.4) is 0 Å². The van der Waals surface area contributed by atoms with Crippen molar-refractivity contribution in [3.8, 4) is 0 Å². The molecule has 2 unspecified atom stereocenters. The molecule has 5 heteroatoms. The van der Waals surface area contributed by atoms with Crippen LogP contribution in [0.15, 0.2) is 0 Å². The predicted molar refractivity (Wildman–Crippen MR) is 60.1 cm³/mol. The summed E-state index contributed by atoms with van der Waals surface area (Å²) < 4.78 is 25.7. The van der Waals surface area contributed by atoms with Gasteiger partial charge >= 0.3 is 0 Å². The Labute approximate surface area is 91.9 Å². The standard InChI is InChI=1S/C10H20N2O2S/c1-8-6-9(8)7-12-15(13,14)5-4-11-10-2-3-10/h8-12H,2-7H2,1H3. The number of hydrogen-bond donors (Lipinski definition) is 2. The Morgan fingerprint density at radius 2 is 2.00 bits per heavy atom. The van der Waals surface area contributed by atoms with Gasteiger partial charge in [-0.25, -0.2) is 13.1 Å². The zero-order valence-electron chi connectivity index (χ0n) is 9.20. The van der Waals surface area contributed by atoms with Crippen LogP contribution in [0.25, 0.3) is 0 Å².